The number of fused-ring (bicyclic) bond motifs is 1. The summed E-state index contributed by atoms with van der Waals surface area (Å²) in [5, 5.41) is 12.9. The second-order valence-corrected chi connectivity index (χ2v) is 8.17. The van der Waals surface area contributed by atoms with Gasteiger partial charge in [0.2, 0.25) is 0 Å². The Morgan fingerprint density at radius 3 is 2.55 bits per heavy atom. The lowest BCUT2D eigenvalue weighted by molar-refractivity contribution is 0.0693. The zero-order chi connectivity index (χ0) is 23.9. The Hall–Kier alpha value is -4.00. The molecule has 0 aliphatic rings. The maximum absolute atomic E-state index is 14.1. The van der Waals surface area contributed by atoms with Crippen molar-refractivity contribution < 1.29 is 18.7 Å². The highest BCUT2D eigenvalue weighted by Crippen LogP contribution is 2.32. The third-order valence-corrected chi connectivity index (χ3v) is 5.60. The van der Waals surface area contributed by atoms with Crippen molar-refractivity contribution in [3.63, 3.8) is 0 Å². The molecular formula is C26H23FN2O4. The fourth-order valence-electron chi connectivity index (χ4n) is 3.91. The van der Waals surface area contributed by atoms with E-state index in [4.69, 9.17) is 4.42 Å². The van der Waals surface area contributed by atoms with Crippen LogP contribution in [0.5, 0.6) is 0 Å². The van der Waals surface area contributed by atoms with Gasteiger partial charge in [-0.1, -0.05) is 18.2 Å². The highest BCUT2D eigenvalue weighted by atomic mass is 19.1. The molecule has 0 aliphatic carbocycles. The summed E-state index contributed by atoms with van der Waals surface area (Å²) >= 11 is 0. The number of carboxylic acids is 1. The fraction of sp³-hybridized carbons (Fsp3) is 0.192. The number of hydrogen-bond acceptors (Lipinski definition) is 5. The number of aryl methyl sites for hydroxylation is 2. The number of rotatable bonds is 5. The number of benzene rings is 2. The van der Waals surface area contributed by atoms with Gasteiger partial charge in [0.1, 0.15) is 22.7 Å². The van der Waals surface area contributed by atoms with Crippen LogP contribution < -0.4 is 10.7 Å². The number of nitrogens with zero attached hydrogens (tertiary/aromatic N) is 1. The number of hydrogen-bond donors (Lipinski definition) is 2. The van der Waals surface area contributed by atoms with Gasteiger partial charge in [0.05, 0.1) is 17.1 Å². The number of carboxylic acid groups (broad SMARTS) is 1. The summed E-state index contributed by atoms with van der Waals surface area (Å²) in [6.07, 6.45) is 1.70. The van der Waals surface area contributed by atoms with Crippen LogP contribution in [-0.4, -0.2) is 16.1 Å². The molecule has 2 aromatic heterocycles. The molecule has 4 aromatic rings. The first-order chi connectivity index (χ1) is 15.7. The summed E-state index contributed by atoms with van der Waals surface area (Å²) in [5.74, 6) is -1.82. The number of anilines is 1. The lowest BCUT2D eigenvalue weighted by atomic mass is 9.99. The van der Waals surface area contributed by atoms with Crippen molar-refractivity contribution in [2.45, 2.75) is 33.7 Å². The summed E-state index contributed by atoms with van der Waals surface area (Å²) in [4.78, 5) is 29.2. The van der Waals surface area contributed by atoms with Crippen LogP contribution in [0.25, 0.3) is 22.4 Å². The van der Waals surface area contributed by atoms with Gasteiger partial charge in [-0.05, 0) is 63.1 Å². The number of halogens is 1. The molecule has 7 heteroatoms. The monoisotopic (exact) mass is 446 g/mol. The van der Waals surface area contributed by atoms with Crippen molar-refractivity contribution in [1.29, 1.82) is 0 Å². The van der Waals surface area contributed by atoms with Crippen LogP contribution in [0.2, 0.25) is 0 Å². The van der Waals surface area contributed by atoms with E-state index >= 15 is 0 Å². The summed E-state index contributed by atoms with van der Waals surface area (Å²) in [6, 6.07) is 10.9. The summed E-state index contributed by atoms with van der Waals surface area (Å²) in [7, 11) is 0. The first-order valence-electron chi connectivity index (χ1n) is 10.5. The third-order valence-electron chi connectivity index (χ3n) is 5.60. The molecular weight excluding hydrogens is 423 g/mol. The van der Waals surface area contributed by atoms with E-state index in [9.17, 15) is 19.1 Å². The van der Waals surface area contributed by atoms with Gasteiger partial charge in [0.15, 0.2) is 11.2 Å². The van der Waals surface area contributed by atoms with Crippen LogP contribution in [0.4, 0.5) is 10.1 Å². The van der Waals surface area contributed by atoms with Crippen LogP contribution >= 0.6 is 0 Å². The Balaban J connectivity index is 1.89. The molecule has 0 spiro atoms. The number of nitrogens with one attached hydrogen (secondary N) is 1. The Bertz CT molecular complexity index is 1440. The molecule has 168 valence electrons. The van der Waals surface area contributed by atoms with Crippen LogP contribution in [0.1, 0.15) is 45.6 Å². The smallest absolute Gasteiger partial charge is 0.340 e. The molecule has 0 aliphatic heterocycles. The first kappa shape index (κ1) is 22.2. The Morgan fingerprint density at radius 1 is 1.12 bits per heavy atom. The van der Waals surface area contributed by atoms with E-state index < -0.39 is 23.4 Å². The summed E-state index contributed by atoms with van der Waals surface area (Å²) < 4.78 is 20.4. The maximum atomic E-state index is 14.1. The second kappa shape index (κ2) is 8.50. The van der Waals surface area contributed by atoms with E-state index in [-0.39, 0.29) is 11.1 Å². The minimum atomic E-state index is -1.37. The number of aromatic nitrogens is 1. The van der Waals surface area contributed by atoms with E-state index in [1.165, 1.54) is 12.1 Å². The quantitative estimate of drug-likeness (QED) is 0.403. The Labute approximate surface area is 189 Å². The van der Waals surface area contributed by atoms with Gasteiger partial charge in [-0.25, -0.2) is 9.18 Å². The minimum Gasteiger partial charge on any atom is -0.478 e. The van der Waals surface area contributed by atoms with E-state index in [1.807, 2.05) is 26.0 Å². The van der Waals surface area contributed by atoms with Gasteiger partial charge in [0, 0.05) is 17.3 Å². The summed E-state index contributed by atoms with van der Waals surface area (Å²) in [5.41, 5.74) is 3.38. The molecule has 0 saturated heterocycles. The van der Waals surface area contributed by atoms with Crippen LogP contribution in [0, 0.1) is 26.6 Å². The van der Waals surface area contributed by atoms with Crippen LogP contribution in [-0.2, 0) is 0 Å². The molecule has 2 aromatic carbocycles. The SMILES string of the molecule is Cc1ccc(-c2oc3c(C(C)Nc4cccc(F)c4C(=O)O)cc(C)cc3c(=O)c2C)nc1. The fourth-order valence-corrected chi connectivity index (χ4v) is 3.91. The molecule has 1 atom stereocenters. The molecule has 4 rings (SSSR count). The summed E-state index contributed by atoms with van der Waals surface area (Å²) in [6.45, 7) is 7.29. The highest BCUT2D eigenvalue weighted by molar-refractivity contribution is 5.94. The molecule has 2 N–H and O–H groups in total. The molecule has 0 radical (unpaired) electrons. The average Bonchev–Trinajstić information content (AvgIpc) is 2.76. The zero-order valence-electron chi connectivity index (χ0n) is 18.7. The Morgan fingerprint density at radius 2 is 1.88 bits per heavy atom. The molecule has 6 nitrogen and oxygen atoms in total. The van der Waals surface area contributed by atoms with Crippen molar-refractivity contribution in [2.24, 2.45) is 0 Å². The van der Waals surface area contributed by atoms with Gasteiger partial charge in [0.25, 0.3) is 0 Å². The minimum absolute atomic E-state index is 0.138. The number of aromatic carboxylic acids is 1. The largest absolute Gasteiger partial charge is 0.478 e. The molecule has 0 bridgehead atoms. The standard InChI is InChI=1S/C26H23FN2O4/c1-13-8-9-21(28-12-13)24-15(3)23(30)18-11-14(2)10-17(25(18)33-24)16(4)29-20-7-5-6-19(27)22(20)26(31)32/h5-12,16,29H,1-4H3,(H,31,32). The van der Waals surface area contributed by atoms with Crippen LogP contribution in [0.15, 0.2) is 57.9 Å². The van der Waals surface area contributed by atoms with Crippen molar-refractivity contribution in [1.82, 2.24) is 4.98 Å². The lowest BCUT2D eigenvalue weighted by Crippen LogP contribution is -2.14. The predicted octanol–water partition coefficient (Wildman–Crippen LogP) is 5.79. The molecule has 1 unspecified atom stereocenters. The van der Waals surface area contributed by atoms with E-state index in [0.717, 1.165) is 17.2 Å². The van der Waals surface area contributed by atoms with E-state index in [1.54, 1.807) is 32.2 Å². The first-order valence-corrected chi connectivity index (χ1v) is 10.5. The Kier molecular flexibility index (Phi) is 5.72. The number of pyridine rings is 1. The van der Waals surface area contributed by atoms with Gasteiger partial charge < -0.3 is 14.8 Å². The van der Waals surface area contributed by atoms with Crippen molar-refractivity contribution >= 4 is 22.6 Å². The second-order valence-electron chi connectivity index (χ2n) is 8.17. The molecule has 2 heterocycles. The van der Waals surface area contributed by atoms with Gasteiger partial charge in [-0.2, -0.15) is 0 Å². The third kappa shape index (κ3) is 4.09. The molecule has 33 heavy (non-hydrogen) atoms. The van der Waals surface area contributed by atoms with Crippen molar-refractivity contribution in [3.05, 3.63) is 92.5 Å². The van der Waals surface area contributed by atoms with E-state index in [2.05, 4.69) is 10.3 Å². The van der Waals surface area contributed by atoms with Crippen molar-refractivity contribution in [3.8, 4) is 11.5 Å². The average molecular weight is 446 g/mol. The molecule has 0 amide bonds. The topological polar surface area (TPSA) is 92.4 Å². The maximum Gasteiger partial charge on any atom is 0.340 e. The van der Waals surface area contributed by atoms with Gasteiger partial charge in [-0.3, -0.25) is 9.78 Å². The molecule has 0 fully saturated rings. The van der Waals surface area contributed by atoms with E-state index in [0.29, 0.717) is 33.6 Å². The van der Waals surface area contributed by atoms with Crippen molar-refractivity contribution in [2.75, 3.05) is 5.32 Å². The predicted molar refractivity (Wildman–Crippen MR) is 125 cm³/mol. The number of carbonyl (C=O) groups is 1. The normalized spacial score (nSPS) is 12.0. The lowest BCUT2D eigenvalue weighted by Gasteiger charge is -2.20. The van der Waals surface area contributed by atoms with Gasteiger partial charge in [-0.15, -0.1) is 0 Å². The molecule has 0 saturated carbocycles. The highest BCUT2D eigenvalue weighted by Gasteiger charge is 2.22. The van der Waals surface area contributed by atoms with Crippen LogP contribution in [0.3, 0.4) is 0 Å². The van der Waals surface area contributed by atoms with Gasteiger partial charge >= 0.3 is 5.97 Å². The zero-order valence-corrected chi connectivity index (χ0v) is 18.7.